The van der Waals surface area contributed by atoms with Crippen LogP contribution in [0.15, 0.2) is 63.9 Å². The van der Waals surface area contributed by atoms with E-state index in [9.17, 15) is 9.50 Å². The Morgan fingerprint density at radius 3 is 2.52 bits per heavy atom. The lowest BCUT2D eigenvalue weighted by Gasteiger charge is -2.02. The predicted octanol–water partition coefficient (Wildman–Crippen LogP) is 4.90. The maximum Gasteiger partial charge on any atom is 0.123 e. The van der Waals surface area contributed by atoms with Crippen LogP contribution in [0.3, 0.4) is 0 Å². The Morgan fingerprint density at radius 2 is 1.95 bits per heavy atom. The standard InChI is InChI=1S/C18H20FNO/c1-3-13(2)10-16(18(21)15-6-7-15)12-20-11-14-4-8-17(19)9-5-14/h3-5,8-10,12,21H,6-7,11H2,1-2H3/b13-3+,16-10+,20-12-. The molecule has 2 rings (SSSR count). The number of hydrogen-bond acceptors (Lipinski definition) is 2. The molecule has 3 heteroatoms. The van der Waals surface area contributed by atoms with Crippen molar-refractivity contribution in [1.29, 1.82) is 0 Å². The van der Waals surface area contributed by atoms with Gasteiger partial charge in [-0.25, -0.2) is 4.39 Å². The molecule has 1 aliphatic rings. The summed E-state index contributed by atoms with van der Waals surface area (Å²) < 4.78 is 12.8. The molecule has 1 N–H and O–H groups in total. The van der Waals surface area contributed by atoms with Crippen LogP contribution in [0.5, 0.6) is 0 Å². The summed E-state index contributed by atoms with van der Waals surface area (Å²) in [6, 6.07) is 6.28. The molecule has 0 spiro atoms. The summed E-state index contributed by atoms with van der Waals surface area (Å²) in [6.07, 6.45) is 7.53. The van der Waals surface area contributed by atoms with Gasteiger partial charge < -0.3 is 5.11 Å². The number of hydrogen-bond donors (Lipinski definition) is 1. The molecular weight excluding hydrogens is 265 g/mol. The van der Waals surface area contributed by atoms with Crippen molar-refractivity contribution in [2.24, 2.45) is 4.99 Å². The highest BCUT2D eigenvalue weighted by Crippen LogP contribution is 2.33. The molecule has 0 atom stereocenters. The Kier molecular flexibility index (Phi) is 5.09. The van der Waals surface area contributed by atoms with Crippen LogP contribution in [-0.4, -0.2) is 11.3 Å². The molecular formula is C18H20FNO. The van der Waals surface area contributed by atoms with Crippen molar-refractivity contribution >= 4 is 6.21 Å². The topological polar surface area (TPSA) is 32.6 Å². The molecule has 0 bridgehead atoms. The number of rotatable bonds is 5. The molecule has 1 saturated carbocycles. The summed E-state index contributed by atoms with van der Waals surface area (Å²) in [5.74, 6) is 0.0992. The van der Waals surface area contributed by atoms with Gasteiger partial charge in [0.2, 0.25) is 0 Å². The fourth-order valence-electron chi connectivity index (χ4n) is 1.84. The van der Waals surface area contributed by atoms with E-state index in [1.807, 2.05) is 26.0 Å². The summed E-state index contributed by atoms with van der Waals surface area (Å²) >= 11 is 0. The highest BCUT2D eigenvalue weighted by molar-refractivity contribution is 5.85. The van der Waals surface area contributed by atoms with Gasteiger partial charge in [-0.1, -0.05) is 23.8 Å². The van der Waals surface area contributed by atoms with Crippen LogP contribution in [0.2, 0.25) is 0 Å². The normalized spacial score (nSPS) is 15.7. The average Bonchev–Trinajstić information content (AvgIpc) is 3.32. The van der Waals surface area contributed by atoms with E-state index in [1.54, 1.807) is 18.3 Å². The molecule has 0 radical (unpaired) electrons. The van der Waals surface area contributed by atoms with E-state index in [2.05, 4.69) is 4.99 Å². The SMILES string of the molecule is C/C=C(C)/C=C(\C=N/Cc1ccc(F)cc1)C(O)=C1CC1. The van der Waals surface area contributed by atoms with Gasteiger partial charge in [0.1, 0.15) is 11.6 Å². The fourth-order valence-corrected chi connectivity index (χ4v) is 1.84. The minimum Gasteiger partial charge on any atom is -0.507 e. The largest absolute Gasteiger partial charge is 0.507 e. The third kappa shape index (κ3) is 4.71. The number of halogens is 1. The van der Waals surface area contributed by atoms with Crippen molar-refractivity contribution in [2.45, 2.75) is 33.2 Å². The summed E-state index contributed by atoms with van der Waals surface area (Å²) in [6.45, 7) is 4.41. The minimum atomic E-state index is -0.247. The number of nitrogens with zero attached hydrogens (tertiary/aromatic N) is 1. The molecule has 110 valence electrons. The lowest BCUT2D eigenvalue weighted by atomic mass is 10.1. The van der Waals surface area contributed by atoms with E-state index in [-0.39, 0.29) is 5.82 Å². The Bertz CT molecular complexity index is 615. The number of aliphatic hydroxyl groups is 1. The maximum absolute atomic E-state index is 12.8. The lowest BCUT2D eigenvalue weighted by Crippen LogP contribution is -1.93. The fraction of sp³-hybridized carbons (Fsp3) is 0.278. The quantitative estimate of drug-likeness (QED) is 0.466. The van der Waals surface area contributed by atoms with Gasteiger partial charge in [0, 0.05) is 11.8 Å². The van der Waals surface area contributed by atoms with Crippen molar-refractivity contribution in [3.05, 3.63) is 70.3 Å². The lowest BCUT2D eigenvalue weighted by molar-refractivity contribution is 0.425. The van der Waals surface area contributed by atoms with Crippen LogP contribution in [0.25, 0.3) is 0 Å². The molecule has 1 fully saturated rings. The van der Waals surface area contributed by atoms with Gasteiger partial charge in [0.25, 0.3) is 0 Å². The van der Waals surface area contributed by atoms with Gasteiger partial charge in [-0.15, -0.1) is 0 Å². The van der Waals surface area contributed by atoms with Gasteiger partial charge in [0.05, 0.1) is 6.54 Å². The molecule has 1 aliphatic carbocycles. The first kappa shape index (κ1) is 15.2. The van der Waals surface area contributed by atoms with Crippen LogP contribution >= 0.6 is 0 Å². The van der Waals surface area contributed by atoms with Gasteiger partial charge in [-0.2, -0.15) is 0 Å². The van der Waals surface area contributed by atoms with E-state index >= 15 is 0 Å². The maximum atomic E-state index is 12.8. The predicted molar refractivity (Wildman–Crippen MR) is 85.0 cm³/mol. The second kappa shape index (κ2) is 7.02. The third-order valence-electron chi connectivity index (χ3n) is 3.36. The highest BCUT2D eigenvalue weighted by atomic mass is 19.1. The molecule has 0 unspecified atom stereocenters. The van der Waals surface area contributed by atoms with Gasteiger partial charge >= 0.3 is 0 Å². The molecule has 0 heterocycles. The second-order valence-corrected chi connectivity index (χ2v) is 5.18. The zero-order chi connectivity index (χ0) is 15.2. The Labute approximate surface area is 125 Å². The first-order valence-corrected chi connectivity index (χ1v) is 7.10. The van der Waals surface area contributed by atoms with Crippen LogP contribution in [0.4, 0.5) is 4.39 Å². The highest BCUT2D eigenvalue weighted by Gasteiger charge is 2.19. The molecule has 0 amide bonds. The molecule has 0 aliphatic heterocycles. The molecule has 0 aromatic heterocycles. The van der Waals surface area contributed by atoms with Gasteiger partial charge in [-0.05, 0) is 56.0 Å². The van der Waals surface area contributed by atoms with E-state index in [0.717, 1.165) is 35.1 Å². The zero-order valence-electron chi connectivity index (χ0n) is 12.4. The van der Waals surface area contributed by atoms with Gasteiger partial charge in [-0.3, -0.25) is 4.99 Å². The number of aliphatic imine (C=N–C) groups is 1. The monoisotopic (exact) mass is 285 g/mol. The van der Waals surface area contributed by atoms with Crippen LogP contribution < -0.4 is 0 Å². The van der Waals surface area contributed by atoms with E-state index in [4.69, 9.17) is 0 Å². The van der Waals surface area contributed by atoms with Crippen molar-refractivity contribution in [3.63, 3.8) is 0 Å². The Hall–Kier alpha value is -2.16. The summed E-state index contributed by atoms with van der Waals surface area (Å²) in [7, 11) is 0. The molecule has 0 saturated heterocycles. The molecule has 2 nitrogen and oxygen atoms in total. The third-order valence-corrected chi connectivity index (χ3v) is 3.36. The zero-order valence-corrected chi connectivity index (χ0v) is 12.4. The van der Waals surface area contributed by atoms with E-state index in [1.165, 1.54) is 12.1 Å². The van der Waals surface area contributed by atoms with Gasteiger partial charge in [0.15, 0.2) is 0 Å². The van der Waals surface area contributed by atoms with E-state index in [0.29, 0.717) is 12.3 Å². The first-order valence-electron chi connectivity index (χ1n) is 7.10. The Balaban J connectivity index is 2.11. The molecule has 1 aromatic rings. The summed E-state index contributed by atoms with van der Waals surface area (Å²) in [4.78, 5) is 4.35. The minimum absolute atomic E-state index is 0.247. The van der Waals surface area contributed by atoms with Crippen molar-refractivity contribution < 1.29 is 9.50 Å². The number of allylic oxidation sites excluding steroid dienone is 5. The second-order valence-electron chi connectivity index (χ2n) is 5.18. The summed E-state index contributed by atoms with van der Waals surface area (Å²) in [5.41, 5.74) is 3.83. The number of benzene rings is 1. The van der Waals surface area contributed by atoms with Crippen LogP contribution in [0.1, 0.15) is 32.3 Å². The average molecular weight is 285 g/mol. The molecule has 21 heavy (non-hydrogen) atoms. The van der Waals surface area contributed by atoms with Crippen LogP contribution in [-0.2, 0) is 6.54 Å². The van der Waals surface area contributed by atoms with Crippen molar-refractivity contribution in [3.8, 4) is 0 Å². The van der Waals surface area contributed by atoms with Crippen LogP contribution in [0, 0.1) is 5.82 Å². The molecule has 1 aromatic carbocycles. The smallest absolute Gasteiger partial charge is 0.123 e. The van der Waals surface area contributed by atoms with E-state index < -0.39 is 0 Å². The number of aliphatic hydroxyl groups excluding tert-OH is 1. The first-order chi connectivity index (χ1) is 10.1. The Morgan fingerprint density at radius 1 is 1.29 bits per heavy atom. The van der Waals surface area contributed by atoms with Crippen molar-refractivity contribution in [1.82, 2.24) is 0 Å². The summed E-state index contributed by atoms with van der Waals surface area (Å²) in [5, 5.41) is 10.2. The van der Waals surface area contributed by atoms with Crippen molar-refractivity contribution in [2.75, 3.05) is 0 Å².